The molecule has 1 aliphatic heterocycles. The van der Waals surface area contributed by atoms with Crippen molar-refractivity contribution in [2.24, 2.45) is 0 Å². The first-order valence-electron chi connectivity index (χ1n) is 6.42. The average Bonchev–Trinajstić information content (AvgIpc) is 2.86. The minimum absolute atomic E-state index is 0. The van der Waals surface area contributed by atoms with E-state index in [2.05, 4.69) is 5.32 Å². The number of hydrogen-bond donors (Lipinski definition) is 1. The Kier molecular flexibility index (Phi) is 6.25. The van der Waals surface area contributed by atoms with Crippen LogP contribution < -0.4 is 5.32 Å². The van der Waals surface area contributed by atoms with Gasteiger partial charge in [-0.15, -0.1) is 12.4 Å². The van der Waals surface area contributed by atoms with E-state index in [-0.39, 0.29) is 30.2 Å². The molecular weight excluding hydrogens is 267 g/mol. The third kappa shape index (κ3) is 3.91. The molecule has 1 aromatic carbocycles. The topological polar surface area (TPSA) is 32.3 Å². The number of carbonyl (C=O) groups excluding carboxylic acids is 1. The summed E-state index contributed by atoms with van der Waals surface area (Å²) in [6.07, 6.45) is 2.51. The molecule has 0 radical (unpaired) electrons. The van der Waals surface area contributed by atoms with Crippen LogP contribution in [0.2, 0.25) is 0 Å². The largest absolute Gasteiger partial charge is 0.336 e. The van der Waals surface area contributed by atoms with Crippen molar-refractivity contribution in [1.82, 2.24) is 10.2 Å². The normalized spacial score (nSPS) is 18.2. The van der Waals surface area contributed by atoms with Gasteiger partial charge < -0.3 is 10.2 Å². The Balaban J connectivity index is 0.00000180. The standard InChI is InChI=1S/C14H19FN2O.ClH/c1-16-9-8-14(18)17-10-2-3-13(17)11-4-6-12(15)7-5-11;/h4-7,13,16H,2-3,8-10H2,1H3;1H. The summed E-state index contributed by atoms with van der Waals surface area (Å²) in [7, 11) is 1.84. The van der Waals surface area contributed by atoms with E-state index in [0.29, 0.717) is 13.0 Å². The van der Waals surface area contributed by atoms with Gasteiger partial charge in [0.05, 0.1) is 6.04 Å². The Morgan fingerprint density at radius 2 is 2.11 bits per heavy atom. The van der Waals surface area contributed by atoms with Gasteiger partial charge in [0.1, 0.15) is 5.82 Å². The summed E-state index contributed by atoms with van der Waals surface area (Å²) in [6, 6.07) is 6.61. The number of rotatable bonds is 4. The van der Waals surface area contributed by atoms with E-state index >= 15 is 0 Å². The number of halogens is 2. The number of carbonyl (C=O) groups is 1. The Hall–Kier alpha value is -1.13. The molecule has 0 spiro atoms. The number of hydrogen-bond acceptors (Lipinski definition) is 2. The summed E-state index contributed by atoms with van der Waals surface area (Å²) in [4.78, 5) is 14.0. The van der Waals surface area contributed by atoms with Crippen LogP contribution in [-0.2, 0) is 4.79 Å². The number of likely N-dealkylation sites (tertiary alicyclic amines) is 1. The van der Waals surface area contributed by atoms with Gasteiger partial charge in [-0.05, 0) is 37.6 Å². The van der Waals surface area contributed by atoms with Gasteiger partial charge in [0.2, 0.25) is 5.91 Å². The third-order valence-electron chi connectivity index (χ3n) is 3.42. The van der Waals surface area contributed by atoms with Gasteiger partial charge in [-0.1, -0.05) is 12.1 Å². The Labute approximate surface area is 119 Å². The van der Waals surface area contributed by atoms with Crippen molar-refractivity contribution < 1.29 is 9.18 Å². The number of nitrogens with one attached hydrogen (secondary N) is 1. The molecule has 1 aromatic rings. The molecule has 1 heterocycles. The van der Waals surface area contributed by atoms with E-state index in [1.165, 1.54) is 12.1 Å². The zero-order valence-electron chi connectivity index (χ0n) is 11.1. The number of amides is 1. The summed E-state index contributed by atoms with van der Waals surface area (Å²) in [5, 5.41) is 2.99. The number of benzene rings is 1. The van der Waals surface area contributed by atoms with Crippen LogP contribution in [-0.4, -0.2) is 30.9 Å². The van der Waals surface area contributed by atoms with Crippen molar-refractivity contribution in [3.8, 4) is 0 Å². The predicted octanol–water partition coefficient (Wildman–Crippen LogP) is 2.52. The lowest BCUT2D eigenvalue weighted by Crippen LogP contribution is -2.32. The lowest BCUT2D eigenvalue weighted by atomic mass is 10.0. The first kappa shape index (κ1) is 15.9. The molecule has 1 fully saturated rings. The molecule has 1 aliphatic rings. The van der Waals surface area contributed by atoms with E-state index in [9.17, 15) is 9.18 Å². The van der Waals surface area contributed by atoms with Crippen LogP contribution in [0.5, 0.6) is 0 Å². The van der Waals surface area contributed by atoms with Crippen molar-refractivity contribution in [2.75, 3.05) is 20.1 Å². The molecule has 0 aliphatic carbocycles. The first-order valence-corrected chi connectivity index (χ1v) is 6.42. The monoisotopic (exact) mass is 286 g/mol. The fraction of sp³-hybridized carbons (Fsp3) is 0.500. The molecule has 19 heavy (non-hydrogen) atoms. The fourth-order valence-electron chi connectivity index (χ4n) is 2.47. The molecule has 1 saturated heterocycles. The van der Waals surface area contributed by atoms with E-state index in [4.69, 9.17) is 0 Å². The molecule has 5 heteroatoms. The first-order chi connectivity index (χ1) is 8.72. The molecule has 0 saturated carbocycles. The third-order valence-corrected chi connectivity index (χ3v) is 3.42. The zero-order valence-corrected chi connectivity index (χ0v) is 11.9. The molecule has 1 unspecified atom stereocenters. The van der Waals surface area contributed by atoms with Gasteiger partial charge in [0, 0.05) is 19.5 Å². The van der Waals surface area contributed by atoms with Gasteiger partial charge >= 0.3 is 0 Å². The molecule has 0 aromatic heterocycles. The van der Waals surface area contributed by atoms with Crippen molar-refractivity contribution in [3.05, 3.63) is 35.6 Å². The van der Waals surface area contributed by atoms with E-state index in [1.807, 2.05) is 11.9 Å². The zero-order chi connectivity index (χ0) is 13.0. The minimum atomic E-state index is -0.232. The highest BCUT2D eigenvalue weighted by molar-refractivity contribution is 5.85. The molecule has 3 nitrogen and oxygen atoms in total. The van der Waals surface area contributed by atoms with Crippen LogP contribution in [0.1, 0.15) is 30.9 Å². The molecule has 1 amide bonds. The van der Waals surface area contributed by atoms with Crippen molar-refractivity contribution in [3.63, 3.8) is 0 Å². The highest BCUT2D eigenvalue weighted by Crippen LogP contribution is 2.32. The van der Waals surface area contributed by atoms with E-state index in [0.717, 1.165) is 24.9 Å². The second-order valence-corrected chi connectivity index (χ2v) is 4.65. The van der Waals surface area contributed by atoms with Crippen molar-refractivity contribution in [2.45, 2.75) is 25.3 Å². The van der Waals surface area contributed by atoms with Crippen LogP contribution in [0.15, 0.2) is 24.3 Å². The SMILES string of the molecule is CNCCC(=O)N1CCCC1c1ccc(F)cc1.Cl. The maximum Gasteiger partial charge on any atom is 0.224 e. The van der Waals surface area contributed by atoms with Crippen LogP contribution in [0.25, 0.3) is 0 Å². The number of nitrogens with zero attached hydrogens (tertiary/aromatic N) is 1. The van der Waals surface area contributed by atoms with Gasteiger partial charge in [0.25, 0.3) is 0 Å². The van der Waals surface area contributed by atoms with Crippen LogP contribution in [0, 0.1) is 5.82 Å². The Bertz CT molecular complexity index is 410. The van der Waals surface area contributed by atoms with Gasteiger partial charge in [-0.2, -0.15) is 0 Å². The van der Waals surface area contributed by atoms with Gasteiger partial charge in [-0.3, -0.25) is 4.79 Å². The van der Waals surface area contributed by atoms with Crippen LogP contribution in [0.3, 0.4) is 0 Å². The summed E-state index contributed by atoms with van der Waals surface area (Å²) >= 11 is 0. The summed E-state index contributed by atoms with van der Waals surface area (Å²) in [5.41, 5.74) is 1.03. The van der Waals surface area contributed by atoms with Crippen LogP contribution in [0.4, 0.5) is 4.39 Å². The second-order valence-electron chi connectivity index (χ2n) is 4.65. The molecule has 1 atom stereocenters. The maximum absolute atomic E-state index is 12.9. The maximum atomic E-state index is 12.9. The lowest BCUT2D eigenvalue weighted by molar-refractivity contribution is -0.132. The van der Waals surface area contributed by atoms with Gasteiger partial charge in [0.15, 0.2) is 0 Å². The smallest absolute Gasteiger partial charge is 0.224 e. The summed E-state index contributed by atoms with van der Waals surface area (Å²) < 4.78 is 12.9. The molecular formula is C14H20ClFN2O. The fourth-order valence-corrected chi connectivity index (χ4v) is 2.47. The second kappa shape index (κ2) is 7.46. The van der Waals surface area contributed by atoms with E-state index < -0.39 is 0 Å². The average molecular weight is 287 g/mol. The predicted molar refractivity (Wildman–Crippen MR) is 75.9 cm³/mol. The summed E-state index contributed by atoms with van der Waals surface area (Å²) in [6.45, 7) is 1.51. The minimum Gasteiger partial charge on any atom is -0.336 e. The highest BCUT2D eigenvalue weighted by atomic mass is 35.5. The van der Waals surface area contributed by atoms with Crippen molar-refractivity contribution >= 4 is 18.3 Å². The molecule has 1 N–H and O–H groups in total. The Morgan fingerprint density at radius 1 is 1.42 bits per heavy atom. The van der Waals surface area contributed by atoms with Crippen LogP contribution >= 0.6 is 12.4 Å². The van der Waals surface area contributed by atoms with Crippen molar-refractivity contribution in [1.29, 1.82) is 0 Å². The van der Waals surface area contributed by atoms with E-state index in [1.54, 1.807) is 12.1 Å². The summed E-state index contributed by atoms with van der Waals surface area (Å²) in [5.74, 6) is -0.0546. The van der Waals surface area contributed by atoms with Gasteiger partial charge in [-0.25, -0.2) is 4.39 Å². The quantitative estimate of drug-likeness (QED) is 0.922. The molecule has 2 rings (SSSR count). The lowest BCUT2D eigenvalue weighted by Gasteiger charge is -2.25. The Morgan fingerprint density at radius 3 is 2.74 bits per heavy atom. The molecule has 0 bridgehead atoms. The molecule has 106 valence electrons. The highest BCUT2D eigenvalue weighted by Gasteiger charge is 2.29.